The van der Waals surface area contributed by atoms with Crippen LogP contribution in [-0.4, -0.2) is 60.0 Å². The molecular formula is C26H18FN7O11. The zero-order chi connectivity index (χ0) is 32.3. The third-order valence-corrected chi connectivity index (χ3v) is 6.40. The molecule has 0 amide bonds. The molecule has 2 aromatic carbocycles. The van der Waals surface area contributed by atoms with Gasteiger partial charge in [-0.25, -0.2) is 14.6 Å². The molecule has 4 aromatic rings. The fourth-order valence-electron chi connectivity index (χ4n) is 4.27. The van der Waals surface area contributed by atoms with Crippen LogP contribution >= 0.6 is 0 Å². The number of terminal acetylenes is 1. The number of anilines is 1. The van der Waals surface area contributed by atoms with Gasteiger partial charge in [-0.2, -0.15) is 14.4 Å². The van der Waals surface area contributed by atoms with Gasteiger partial charge in [0, 0.05) is 30.7 Å². The van der Waals surface area contributed by atoms with E-state index >= 15 is 0 Å². The van der Waals surface area contributed by atoms with Crippen LogP contribution in [-0.2, 0) is 14.2 Å². The molecule has 1 saturated heterocycles. The Labute approximate surface area is 249 Å². The molecule has 0 unspecified atom stereocenters. The second kappa shape index (κ2) is 12.1. The molecule has 2 aromatic heterocycles. The Morgan fingerprint density at radius 2 is 1.62 bits per heavy atom. The number of nitrogen functional groups attached to an aromatic ring is 1. The number of nitrogens with zero attached hydrogens (tertiary/aromatic N) is 6. The van der Waals surface area contributed by atoms with Gasteiger partial charge in [-0.3, -0.25) is 24.8 Å². The second-order valence-corrected chi connectivity index (χ2v) is 9.15. The van der Waals surface area contributed by atoms with Crippen molar-refractivity contribution in [3.8, 4) is 23.8 Å². The van der Waals surface area contributed by atoms with Gasteiger partial charge >= 0.3 is 18.4 Å². The van der Waals surface area contributed by atoms with Gasteiger partial charge < -0.3 is 29.4 Å². The first-order valence-corrected chi connectivity index (χ1v) is 12.5. The number of imidazole rings is 1. The minimum atomic E-state index is -1.98. The number of carbonyl (C=O) groups excluding carboxylic acids is 2. The van der Waals surface area contributed by atoms with Crippen molar-refractivity contribution in [2.75, 3.05) is 12.3 Å². The second-order valence-electron chi connectivity index (χ2n) is 9.15. The molecule has 1 aliphatic heterocycles. The average molecular weight is 623 g/mol. The third kappa shape index (κ3) is 6.35. The molecule has 0 saturated carbocycles. The largest absolute Gasteiger partial charge is 0.514 e. The highest BCUT2D eigenvalue weighted by atomic mass is 19.1. The lowest BCUT2D eigenvalue weighted by Crippen LogP contribution is -2.46. The molecule has 19 heteroatoms. The standard InChI is InChI=1S/C26H18FN7O11/c1-2-26(12-41-24(35)42-16-7-3-14(4-8-16)33(37)38)18(44-25(36)43-17-9-5-15(6-10-17)34(39)40)11-19(45-26)32-13-29-20-21(28)30-23(27)31-22(20)32/h1,3-10,13,18-19H,11-12H2,(H2,28,30,31)/t18-,19+,26+/m0/s1. The predicted octanol–water partition coefficient (Wildman–Crippen LogP) is 3.45. The molecule has 2 N–H and O–H groups in total. The number of aromatic nitrogens is 4. The highest BCUT2D eigenvalue weighted by Crippen LogP contribution is 2.40. The van der Waals surface area contributed by atoms with Gasteiger partial charge in [0.2, 0.25) is 5.60 Å². The molecule has 1 fully saturated rings. The lowest BCUT2D eigenvalue weighted by Gasteiger charge is -2.27. The van der Waals surface area contributed by atoms with Crippen molar-refractivity contribution in [3.05, 3.63) is 81.2 Å². The van der Waals surface area contributed by atoms with Crippen LogP contribution in [0.15, 0.2) is 54.9 Å². The molecule has 0 aliphatic carbocycles. The Bertz CT molecular complexity index is 1840. The molecule has 0 bridgehead atoms. The van der Waals surface area contributed by atoms with E-state index < -0.39 is 52.8 Å². The number of fused-ring (bicyclic) bond motifs is 1. The van der Waals surface area contributed by atoms with Crippen molar-refractivity contribution in [3.63, 3.8) is 0 Å². The number of rotatable bonds is 8. The molecule has 0 radical (unpaired) electrons. The summed E-state index contributed by atoms with van der Waals surface area (Å²) in [5, 5.41) is 21.7. The molecule has 230 valence electrons. The first-order valence-electron chi connectivity index (χ1n) is 12.5. The number of nitro groups is 2. The van der Waals surface area contributed by atoms with E-state index in [4.69, 9.17) is 35.8 Å². The van der Waals surface area contributed by atoms with Crippen molar-refractivity contribution in [2.45, 2.75) is 24.4 Å². The summed E-state index contributed by atoms with van der Waals surface area (Å²) in [7, 11) is 0. The highest BCUT2D eigenvalue weighted by molar-refractivity contribution is 5.81. The van der Waals surface area contributed by atoms with Crippen LogP contribution in [0.5, 0.6) is 11.5 Å². The summed E-state index contributed by atoms with van der Waals surface area (Å²) in [5.41, 5.74) is 3.22. The van der Waals surface area contributed by atoms with E-state index in [0.717, 1.165) is 48.5 Å². The van der Waals surface area contributed by atoms with Crippen LogP contribution in [0.3, 0.4) is 0 Å². The van der Waals surface area contributed by atoms with E-state index in [9.17, 15) is 34.2 Å². The lowest BCUT2D eigenvalue weighted by atomic mass is 9.98. The number of benzene rings is 2. The fraction of sp³-hybridized carbons (Fsp3) is 0.192. The van der Waals surface area contributed by atoms with Crippen LogP contribution in [0.4, 0.5) is 31.2 Å². The van der Waals surface area contributed by atoms with Crippen molar-refractivity contribution in [1.29, 1.82) is 0 Å². The Kier molecular flexibility index (Phi) is 8.05. The SMILES string of the molecule is C#C[C@]1(COC(=O)Oc2ccc([N+](=O)[O-])cc2)O[C@@H](n2cnc3c(N)nc(F)nc32)C[C@@H]1OC(=O)Oc1ccc([N+](=O)[O-])cc1. The van der Waals surface area contributed by atoms with Gasteiger partial charge in [-0.05, 0) is 24.3 Å². The van der Waals surface area contributed by atoms with E-state index in [1.165, 1.54) is 10.9 Å². The minimum Gasteiger partial charge on any atom is -0.430 e. The minimum absolute atomic E-state index is 0.0381. The summed E-state index contributed by atoms with van der Waals surface area (Å²) < 4.78 is 42.0. The fourth-order valence-corrected chi connectivity index (χ4v) is 4.27. The first kappa shape index (κ1) is 30.1. The first-order chi connectivity index (χ1) is 21.5. The quantitative estimate of drug-likeness (QED) is 0.0738. The summed E-state index contributed by atoms with van der Waals surface area (Å²) in [6.07, 6.45) is 0.536. The van der Waals surface area contributed by atoms with Crippen molar-refractivity contribution in [1.82, 2.24) is 19.5 Å². The zero-order valence-electron chi connectivity index (χ0n) is 22.5. The molecule has 5 rings (SSSR count). The molecule has 45 heavy (non-hydrogen) atoms. The Balaban J connectivity index is 1.37. The summed E-state index contributed by atoms with van der Waals surface area (Å²) >= 11 is 0. The predicted molar refractivity (Wildman–Crippen MR) is 145 cm³/mol. The number of ether oxygens (including phenoxy) is 5. The number of carbonyl (C=O) groups is 2. The monoisotopic (exact) mass is 623 g/mol. The Morgan fingerprint density at radius 3 is 2.18 bits per heavy atom. The van der Waals surface area contributed by atoms with Gasteiger partial charge in [-0.15, -0.1) is 6.42 Å². The van der Waals surface area contributed by atoms with Gasteiger partial charge in [-0.1, -0.05) is 5.92 Å². The summed E-state index contributed by atoms with van der Waals surface area (Å²) in [6, 6.07) is 9.06. The van der Waals surface area contributed by atoms with Crippen molar-refractivity contribution in [2.24, 2.45) is 0 Å². The lowest BCUT2D eigenvalue weighted by molar-refractivity contribution is -0.385. The normalized spacial score (nSPS) is 18.9. The number of hydrogen-bond acceptors (Lipinski definition) is 15. The summed E-state index contributed by atoms with van der Waals surface area (Å²) in [4.78, 5) is 56.9. The zero-order valence-corrected chi connectivity index (χ0v) is 22.5. The van der Waals surface area contributed by atoms with Gasteiger partial charge in [0.1, 0.15) is 24.3 Å². The van der Waals surface area contributed by atoms with Crippen LogP contribution in [0, 0.1) is 38.7 Å². The molecule has 0 spiro atoms. The van der Waals surface area contributed by atoms with E-state index in [1.807, 2.05) is 0 Å². The maximum atomic E-state index is 14.0. The molecule has 3 heterocycles. The van der Waals surface area contributed by atoms with Crippen LogP contribution < -0.4 is 15.2 Å². The average Bonchev–Trinajstić information content (AvgIpc) is 3.58. The van der Waals surface area contributed by atoms with Gasteiger partial charge in [0.25, 0.3) is 11.4 Å². The van der Waals surface area contributed by atoms with E-state index in [0.29, 0.717) is 0 Å². The van der Waals surface area contributed by atoms with E-state index in [1.54, 1.807) is 0 Å². The van der Waals surface area contributed by atoms with Crippen LogP contribution in [0.25, 0.3) is 11.2 Å². The molecule has 18 nitrogen and oxygen atoms in total. The van der Waals surface area contributed by atoms with E-state index in [2.05, 4.69) is 20.9 Å². The molecule has 3 atom stereocenters. The number of hydrogen-bond donors (Lipinski definition) is 1. The van der Waals surface area contributed by atoms with Gasteiger partial charge in [0.15, 0.2) is 23.1 Å². The van der Waals surface area contributed by atoms with Crippen molar-refractivity contribution < 1.29 is 47.5 Å². The smallest absolute Gasteiger partial charge is 0.430 e. The van der Waals surface area contributed by atoms with Crippen LogP contribution in [0.2, 0.25) is 0 Å². The number of non-ortho nitro benzene ring substituents is 2. The maximum Gasteiger partial charge on any atom is 0.514 e. The molecule has 1 aliphatic rings. The number of halogens is 1. The highest BCUT2D eigenvalue weighted by Gasteiger charge is 2.53. The molecular weight excluding hydrogens is 605 g/mol. The maximum absolute atomic E-state index is 14.0. The van der Waals surface area contributed by atoms with Crippen LogP contribution in [0.1, 0.15) is 12.6 Å². The Morgan fingerprint density at radius 1 is 1.04 bits per heavy atom. The van der Waals surface area contributed by atoms with E-state index in [-0.39, 0.29) is 46.3 Å². The van der Waals surface area contributed by atoms with Gasteiger partial charge in [0.05, 0.1) is 16.2 Å². The number of nitro benzene ring substituents is 2. The third-order valence-electron chi connectivity index (χ3n) is 6.40. The van der Waals surface area contributed by atoms with Crippen molar-refractivity contribution >= 4 is 40.7 Å². The Hall–Kier alpha value is -6.42. The summed E-state index contributed by atoms with van der Waals surface area (Å²) in [5.74, 6) is 1.87. The summed E-state index contributed by atoms with van der Waals surface area (Å²) in [6.45, 7) is -0.751. The number of nitrogens with two attached hydrogens (primary N) is 1. The topological polar surface area (TPSA) is 236 Å².